The summed E-state index contributed by atoms with van der Waals surface area (Å²) in [7, 11) is 0. The lowest BCUT2D eigenvalue weighted by molar-refractivity contribution is -0.162. The molecule has 0 saturated heterocycles. The first-order valence-electron chi connectivity index (χ1n) is 4.76. The zero-order valence-electron chi connectivity index (χ0n) is 8.84. The lowest BCUT2D eigenvalue weighted by Gasteiger charge is -2.09. The quantitative estimate of drug-likeness (QED) is 0.582. The molecule has 86 valence electrons. The molecule has 0 aliphatic heterocycles. The fraction of sp³-hybridized carbons (Fsp3) is 0.273. The molecular weight excluding hydrogens is 210 g/mol. The van der Waals surface area contributed by atoms with E-state index >= 15 is 0 Å². The van der Waals surface area contributed by atoms with E-state index in [4.69, 9.17) is 10.8 Å². The second-order valence-electron chi connectivity index (χ2n) is 3.35. The summed E-state index contributed by atoms with van der Waals surface area (Å²) in [6.45, 7) is 1.30. The average molecular weight is 223 g/mol. The molecular formula is C11H13NO4. The maximum absolute atomic E-state index is 11.3. The number of anilines is 1. The number of aliphatic carboxylic acids is 1. The molecule has 0 aliphatic rings. The standard InChI is InChI=1S/C11H13NO4/c1-7(11(14)15)16-10(13)6-8-4-2-3-5-9(8)12/h2-5,7H,6,12H2,1H3,(H,14,15). The van der Waals surface area contributed by atoms with Gasteiger partial charge in [-0.05, 0) is 18.6 Å². The molecule has 1 rings (SSSR count). The maximum Gasteiger partial charge on any atom is 0.344 e. The van der Waals surface area contributed by atoms with Crippen LogP contribution in [-0.4, -0.2) is 23.1 Å². The highest BCUT2D eigenvalue weighted by atomic mass is 16.6. The van der Waals surface area contributed by atoms with Gasteiger partial charge in [0, 0.05) is 5.69 Å². The highest BCUT2D eigenvalue weighted by molar-refractivity contribution is 5.79. The number of nitrogens with two attached hydrogens (primary N) is 1. The Kier molecular flexibility index (Phi) is 3.88. The van der Waals surface area contributed by atoms with Crippen molar-refractivity contribution in [2.75, 3.05) is 5.73 Å². The molecule has 0 heterocycles. The second kappa shape index (κ2) is 5.16. The number of rotatable bonds is 4. The molecule has 0 spiro atoms. The zero-order valence-corrected chi connectivity index (χ0v) is 8.84. The number of carbonyl (C=O) groups excluding carboxylic acids is 1. The fourth-order valence-electron chi connectivity index (χ4n) is 1.14. The summed E-state index contributed by atoms with van der Waals surface area (Å²) in [6, 6.07) is 6.87. The van der Waals surface area contributed by atoms with Crippen molar-refractivity contribution < 1.29 is 19.4 Å². The molecule has 1 aromatic carbocycles. The Morgan fingerprint density at radius 2 is 2.06 bits per heavy atom. The van der Waals surface area contributed by atoms with E-state index in [1.165, 1.54) is 6.92 Å². The van der Waals surface area contributed by atoms with E-state index < -0.39 is 18.0 Å². The van der Waals surface area contributed by atoms with Gasteiger partial charge in [0.05, 0.1) is 6.42 Å². The molecule has 0 aliphatic carbocycles. The zero-order chi connectivity index (χ0) is 12.1. The molecule has 0 amide bonds. The third kappa shape index (κ3) is 3.27. The Balaban J connectivity index is 2.59. The van der Waals surface area contributed by atoms with Crippen LogP contribution in [0.1, 0.15) is 12.5 Å². The Morgan fingerprint density at radius 3 is 2.62 bits per heavy atom. The molecule has 1 aromatic rings. The summed E-state index contributed by atoms with van der Waals surface area (Å²) in [5, 5.41) is 8.55. The third-order valence-corrected chi connectivity index (χ3v) is 2.05. The van der Waals surface area contributed by atoms with Crippen LogP contribution in [0.2, 0.25) is 0 Å². The molecule has 3 N–H and O–H groups in total. The van der Waals surface area contributed by atoms with Gasteiger partial charge in [-0.25, -0.2) is 4.79 Å². The van der Waals surface area contributed by atoms with Crippen molar-refractivity contribution in [3.05, 3.63) is 29.8 Å². The summed E-state index contributed by atoms with van der Waals surface area (Å²) in [6.07, 6.45) is -1.16. The van der Waals surface area contributed by atoms with E-state index in [0.717, 1.165) is 0 Å². The third-order valence-electron chi connectivity index (χ3n) is 2.05. The van der Waals surface area contributed by atoms with Gasteiger partial charge in [-0.2, -0.15) is 0 Å². The van der Waals surface area contributed by atoms with Crippen LogP contribution in [0, 0.1) is 0 Å². The summed E-state index contributed by atoms with van der Waals surface area (Å²) >= 11 is 0. The van der Waals surface area contributed by atoms with Crippen molar-refractivity contribution in [1.29, 1.82) is 0 Å². The molecule has 0 saturated carbocycles. The molecule has 16 heavy (non-hydrogen) atoms. The topological polar surface area (TPSA) is 89.6 Å². The fourth-order valence-corrected chi connectivity index (χ4v) is 1.14. The summed E-state index contributed by atoms with van der Waals surface area (Å²) < 4.78 is 4.68. The lowest BCUT2D eigenvalue weighted by Crippen LogP contribution is -2.24. The first-order chi connectivity index (χ1) is 7.50. The van der Waals surface area contributed by atoms with Crippen molar-refractivity contribution in [1.82, 2.24) is 0 Å². The highest BCUT2D eigenvalue weighted by Crippen LogP contribution is 2.12. The molecule has 5 heteroatoms. The van der Waals surface area contributed by atoms with Gasteiger partial charge in [-0.1, -0.05) is 18.2 Å². The van der Waals surface area contributed by atoms with Crippen LogP contribution in [0.5, 0.6) is 0 Å². The number of benzene rings is 1. The van der Waals surface area contributed by atoms with Crippen LogP contribution in [0.15, 0.2) is 24.3 Å². The predicted molar refractivity (Wildman–Crippen MR) is 57.7 cm³/mol. The second-order valence-corrected chi connectivity index (χ2v) is 3.35. The van der Waals surface area contributed by atoms with E-state index in [2.05, 4.69) is 4.74 Å². The molecule has 0 aromatic heterocycles. The Hall–Kier alpha value is -2.04. The van der Waals surface area contributed by atoms with Crippen molar-refractivity contribution in [3.63, 3.8) is 0 Å². The number of carboxylic acid groups (broad SMARTS) is 1. The number of carboxylic acids is 1. The Bertz CT molecular complexity index is 403. The van der Waals surface area contributed by atoms with Crippen molar-refractivity contribution in [2.24, 2.45) is 0 Å². The van der Waals surface area contributed by atoms with Crippen LogP contribution in [0.4, 0.5) is 5.69 Å². The van der Waals surface area contributed by atoms with Crippen LogP contribution in [0.3, 0.4) is 0 Å². The molecule has 1 unspecified atom stereocenters. The van der Waals surface area contributed by atoms with Crippen LogP contribution in [-0.2, 0) is 20.7 Å². The van der Waals surface area contributed by atoms with Crippen LogP contribution < -0.4 is 5.73 Å². The van der Waals surface area contributed by atoms with E-state index in [1.54, 1.807) is 24.3 Å². The minimum atomic E-state index is -1.17. The summed E-state index contributed by atoms with van der Waals surface area (Å²) in [5.74, 6) is -1.78. The van der Waals surface area contributed by atoms with E-state index in [1.807, 2.05) is 0 Å². The summed E-state index contributed by atoms with van der Waals surface area (Å²) in [4.78, 5) is 21.8. The molecule has 0 fully saturated rings. The number of para-hydroxylation sites is 1. The maximum atomic E-state index is 11.3. The average Bonchev–Trinajstić information content (AvgIpc) is 2.21. The minimum absolute atomic E-state index is 0.0235. The molecule has 0 radical (unpaired) electrons. The van der Waals surface area contributed by atoms with Crippen LogP contribution >= 0.6 is 0 Å². The molecule has 5 nitrogen and oxygen atoms in total. The Morgan fingerprint density at radius 1 is 1.44 bits per heavy atom. The predicted octanol–water partition coefficient (Wildman–Crippen LogP) is 0.828. The smallest absolute Gasteiger partial charge is 0.344 e. The molecule has 1 atom stereocenters. The van der Waals surface area contributed by atoms with E-state index in [0.29, 0.717) is 11.3 Å². The van der Waals surface area contributed by atoms with Crippen LogP contribution in [0.25, 0.3) is 0 Å². The number of hydrogen-bond acceptors (Lipinski definition) is 4. The van der Waals surface area contributed by atoms with Gasteiger partial charge in [-0.3, -0.25) is 4.79 Å². The van der Waals surface area contributed by atoms with Gasteiger partial charge < -0.3 is 15.6 Å². The number of nitrogen functional groups attached to an aromatic ring is 1. The van der Waals surface area contributed by atoms with Crippen molar-refractivity contribution in [3.8, 4) is 0 Å². The van der Waals surface area contributed by atoms with E-state index in [9.17, 15) is 9.59 Å². The highest BCUT2D eigenvalue weighted by Gasteiger charge is 2.16. The first kappa shape index (κ1) is 12.0. The number of hydrogen-bond donors (Lipinski definition) is 2. The lowest BCUT2D eigenvalue weighted by atomic mass is 10.1. The monoisotopic (exact) mass is 223 g/mol. The summed E-state index contributed by atoms with van der Waals surface area (Å²) in [5.41, 5.74) is 6.75. The van der Waals surface area contributed by atoms with Crippen molar-refractivity contribution >= 4 is 17.6 Å². The van der Waals surface area contributed by atoms with Gasteiger partial charge in [0.15, 0.2) is 6.10 Å². The first-order valence-corrected chi connectivity index (χ1v) is 4.76. The largest absolute Gasteiger partial charge is 0.479 e. The molecule has 0 bridgehead atoms. The van der Waals surface area contributed by atoms with Crippen molar-refractivity contribution in [2.45, 2.75) is 19.4 Å². The number of carbonyl (C=O) groups is 2. The van der Waals surface area contributed by atoms with Gasteiger partial charge in [-0.15, -0.1) is 0 Å². The van der Waals surface area contributed by atoms with Gasteiger partial charge in [0.2, 0.25) is 0 Å². The number of esters is 1. The van der Waals surface area contributed by atoms with Gasteiger partial charge >= 0.3 is 11.9 Å². The van der Waals surface area contributed by atoms with E-state index in [-0.39, 0.29) is 6.42 Å². The van der Waals surface area contributed by atoms with Gasteiger partial charge in [0.25, 0.3) is 0 Å². The Labute approximate surface area is 92.8 Å². The minimum Gasteiger partial charge on any atom is -0.479 e. The number of ether oxygens (including phenoxy) is 1. The SMILES string of the molecule is CC(OC(=O)Cc1ccccc1N)C(=O)O. The normalized spacial score (nSPS) is 11.8. The van der Waals surface area contributed by atoms with Gasteiger partial charge in [0.1, 0.15) is 0 Å².